The summed E-state index contributed by atoms with van der Waals surface area (Å²) in [5.41, 5.74) is 12.5. The summed E-state index contributed by atoms with van der Waals surface area (Å²) in [6.45, 7) is 1.38. The Hall–Kier alpha value is -12.3. The SMILES string of the molecule is CC(=O)N(C)[C@@H](Cc1ccccc1)C(=O)N(C)[C@@H](Cc1ccccc1)C(=O)N(C)[C@@H](Cc1ccccc1)C(=O)N(C)[C@@H](Cc1ccccc1)C(=O)N(C)[C@@H](Cc1ccccc1)C(=O)N(C)[C@@H](Cc1ccccc1)C(=O)N(C)[C@@H](Cc1ccccc1)C(=O)N(C)[C@@H](Cc1ccccc1)C(=O)N(C)[C@@H](Cc1ccccc1)C(N)=O. The van der Waals surface area contributed by atoms with Crippen LogP contribution in [0.15, 0.2) is 273 Å². The van der Waals surface area contributed by atoms with Crippen molar-refractivity contribution in [1.29, 1.82) is 0 Å². The van der Waals surface area contributed by atoms with Crippen LogP contribution in [0.25, 0.3) is 0 Å². The van der Waals surface area contributed by atoms with Crippen molar-refractivity contribution in [3.8, 4) is 0 Å². The van der Waals surface area contributed by atoms with Gasteiger partial charge < -0.3 is 49.8 Å². The van der Waals surface area contributed by atoms with Gasteiger partial charge in [0.05, 0.1) is 0 Å². The molecule has 0 fully saturated rings. The number of carbonyl (C=O) groups excluding carboxylic acids is 10. The molecule has 0 saturated heterocycles. The van der Waals surface area contributed by atoms with Crippen molar-refractivity contribution in [2.24, 2.45) is 5.73 Å². The van der Waals surface area contributed by atoms with Crippen LogP contribution in [0.2, 0.25) is 0 Å². The van der Waals surface area contributed by atoms with Gasteiger partial charge in [-0.05, 0) is 50.1 Å². The van der Waals surface area contributed by atoms with E-state index >= 15 is 38.4 Å². The minimum Gasteiger partial charge on any atom is -0.368 e. The lowest BCUT2D eigenvalue weighted by Crippen LogP contribution is -2.62. The van der Waals surface area contributed by atoms with E-state index in [-0.39, 0.29) is 63.7 Å². The van der Waals surface area contributed by atoms with E-state index in [1.807, 2.05) is 273 Å². The van der Waals surface area contributed by atoms with E-state index in [0.29, 0.717) is 27.8 Å². The zero-order chi connectivity index (χ0) is 80.5. The quantitative estimate of drug-likeness (QED) is 0.0392. The molecular weight excluding hydrogens is 1410 g/mol. The first-order chi connectivity index (χ1) is 53.8. The number of carbonyl (C=O) groups is 10. The molecule has 9 atom stereocenters. The van der Waals surface area contributed by atoms with Gasteiger partial charge in [0.1, 0.15) is 54.4 Å². The number of hydrogen-bond donors (Lipinski definition) is 1. The third-order valence-corrected chi connectivity index (χ3v) is 21.5. The summed E-state index contributed by atoms with van der Waals surface area (Å²) >= 11 is 0. The standard InChI is InChI=1S/C92H104N10O10/c1-65(103)94(2)76(57-67-40-22-12-23-41-67)85(105)96(4)78(59-69-44-26-14-27-45-69)87(107)98(6)80(61-71-48-30-16-31-49-71)89(109)100(8)82(63-73-52-34-18-35-53-73)91(111)102(10)83(64-74-54-36-19-37-55-74)92(112)101(9)81(62-72-50-32-17-33-51-72)90(110)99(7)79(60-70-46-28-15-29-47-70)88(108)97(5)77(58-68-42-24-13-25-43-68)86(106)95(3)75(84(93)104)56-66-38-20-11-21-39-66/h11-55,75-83H,56-64H2,1-10H3,(H2,93,104)/t75-,76-,77-,78-,79-,80-,81-,82-,83-/m0/s1. The van der Waals surface area contributed by atoms with Crippen molar-refractivity contribution in [1.82, 2.24) is 44.1 Å². The molecule has 9 rings (SSSR count). The Balaban J connectivity index is 1.08. The molecule has 582 valence electrons. The molecule has 10 amide bonds. The summed E-state index contributed by atoms with van der Waals surface area (Å²) in [6, 6.07) is 71.4. The van der Waals surface area contributed by atoms with Gasteiger partial charge in [-0.1, -0.05) is 273 Å². The number of nitrogens with two attached hydrogens (primary N) is 1. The number of rotatable bonds is 36. The molecule has 0 radical (unpaired) electrons. The fraction of sp³-hybridized carbons (Fsp3) is 0.304. The molecular formula is C92H104N10O10. The highest BCUT2D eigenvalue weighted by Gasteiger charge is 2.46. The van der Waals surface area contributed by atoms with Crippen LogP contribution in [-0.4, -0.2) is 221 Å². The Labute approximate surface area is 659 Å². The summed E-state index contributed by atoms with van der Waals surface area (Å²) in [7, 11) is 13.7. The summed E-state index contributed by atoms with van der Waals surface area (Å²) < 4.78 is 0. The Morgan fingerprint density at radius 2 is 0.304 bits per heavy atom. The molecule has 20 nitrogen and oxygen atoms in total. The summed E-state index contributed by atoms with van der Waals surface area (Å²) in [6.07, 6.45) is 0.107. The minimum atomic E-state index is -1.36. The van der Waals surface area contributed by atoms with E-state index < -0.39 is 108 Å². The van der Waals surface area contributed by atoms with Crippen molar-refractivity contribution in [2.45, 2.75) is 119 Å². The molecule has 0 aliphatic rings. The van der Waals surface area contributed by atoms with Gasteiger partial charge >= 0.3 is 0 Å². The van der Waals surface area contributed by atoms with Crippen molar-refractivity contribution >= 4 is 59.1 Å². The van der Waals surface area contributed by atoms with Gasteiger partial charge in [0.25, 0.3) is 0 Å². The Morgan fingerprint density at radius 1 is 0.196 bits per heavy atom. The van der Waals surface area contributed by atoms with E-state index in [1.54, 1.807) is 7.05 Å². The van der Waals surface area contributed by atoms with Crippen molar-refractivity contribution in [3.05, 3.63) is 323 Å². The topological polar surface area (TPSA) is 226 Å². The monoisotopic (exact) mass is 1510 g/mol. The number of benzene rings is 9. The molecule has 0 aliphatic heterocycles. The molecule has 0 spiro atoms. The van der Waals surface area contributed by atoms with Crippen LogP contribution in [-0.2, 0) is 106 Å². The second kappa shape index (κ2) is 40.4. The average molecular weight is 1510 g/mol. The average Bonchev–Trinajstić information content (AvgIpc) is 0.795. The van der Waals surface area contributed by atoms with Crippen LogP contribution >= 0.6 is 0 Å². The highest BCUT2D eigenvalue weighted by Crippen LogP contribution is 2.27. The highest BCUT2D eigenvalue weighted by molar-refractivity contribution is 5.99. The van der Waals surface area contributed by atoms with Gasteiger partial charge in [-0.25, -0.2) is 0 Å². The molecule has 9 aromatic rings. The van der Waals surface area contributed by atoms with E-state index in [0.717, 1.165) is 22.3 Å². The van der Waals surface area contributed by atoms with Crippen LogP contribution in [0, 0.1) is 0 Å². The fourth-order valence-electron chi connectivity index (χ4n) is 14.4. The fourth-order valence-corrected chi connectivity index (χ4v) is 14.4. The van der Waals surface area contributed by atoms with Crippen LogP contribution in [0.5, 0.6) is 0 Å². The number of likely N-dealkylation sites (N-methyl/N-ethyl adjacent to an activating group) is 9. The number of primary amides is 1. The molecule has 0 heterocycles. The van der Waals surface area contributed by atoms with Crippen molar-refractivity contribution in [3.63, 3.8) is 0 Å². The zero-order valence-corrected chi connectivity index (χ0v) is 65.7. The van der Waals surface area contributed by atoms with Crippen molar-refractivity contribution in [2.75, 3.05) is 63.4 Å². The Bertz CT molecular complexity index is 4570. The molecule has 0 aromatic heterocycles. The lowest BCUT2D eigenvalue weighted by Gasteiger charge is -2.41. The first kappa shape index (κ1) is 83.7. The van der Waals surface area contributed by atoms with Gasteiger partial charge in [-0.3, -0.25) is 47.9 Å². The molecule has 0 saturated carbocycles. The number of amides is 10. The third kappa shape index (κ3) is 22.0. The summed E-state index contributed by atoms with van der Waals surface area (Å²) in [5.74, 6) is -5.91. The van der Waals surface area contributed by atoms with Crippen LogP contribution in [0.4, 0.5) is 0 Å². The van der Waals surface area contributed by atoms with E-state index in [2.05, 4.69) is 0 Å². The smallest absolute Gasteiger partial charge is 0.246 e. The number of hydrogen-bond acceptors (Lipinski definition) is 10. The maximum absolute atomic E-state index is 16.4. The zero-order valence-electron chi connectivity index (χ0n) is 65.7. The molecule has 2 N–H and O–H groups in total. The minimum absolute atomic E-state index is 0.0245. The van der Waals surface area contributed by atoms with Crippen LogP contribution in [0.1, 0.15) is 57.0 Å². The largest absolute Gasteiger partial charge is 0.368 e. The van der Waals surface area contributed by atoms with E-state index in [9.17, 15) is 9.59 Å². The number of nitrogens with zero attached hydrogens (tertiary/aromatic N) is 9. The lowest BCUT2D eigenvalue weighted by atomic mass is 9.96. The second-order valence-corrected chi connectivity index (χ2v) is 29.0. The van der Waals surface area contributed by atoms with E-state index in [1.165, 1.54) is 107 Å². The maximum atomic E-state index is 16.4. The van der Waals surface area contributed by atoms with Gasteiger partial charge in [0.15, 0.2) is 0 Å². The summed E-state index contributed by atoms with van der Waals surface area (Å²) in [5, 5.41) is 0. The van der Waals surface area contributed by atoms with Gasteiger partial charge in [-0.2, -0.15) is 0 Å². The summed E-state index contributed by atoms with van der Waals surface area (Å²) in [4.78, 5) is 166. The van der Waals surface area contributed by atoms with Gasteiger partial charge in [0.2, 0.25) is 59.1 Å². The molecule has 20 heteroatoms. The van der Waals surface area contributed by atoms with Crippen LogP contribution < -0.4 is 5.73 Å². The normalized spacial score (nSPS) is 13.5. The first-order valence-electron chi connectivity index (χ1n) is 37.8. The van der Waals surface area contributed by atoms with E-state index in [4.69, 9.17) is 5.73 Å². The lowest BCUT2D eigenvalue weighted by molar-refractivity contribution is -0.157. The van der Waals surface area contributed by atoms with Crippen molar-refractivity contribution < 1.29 is 47.9 Å². The first-order valence-corrected chi connectivity index (χ1v) is 37.8. The molecule has 9 aromatic carbocycles. The molecule has 0 aliphatic carbocycles. The predicted octanol–water partition coefficient (Wildman–Crippen LogP) is 9.12. The second-order valence-electron chi connectivity index (χ2n) is 29.0. The molecule has 112 heavy (non-hydrogen) atoms. The molecule has 0 unspecified atom stereocenters. The Kier molecular flexibility index (Phi) is 30.2. The maximum Gasteiger partial charge on any atom is 0.246 e. The Morgan fingerprint density at radius 3 is 0.420 bits per heavy atom. The van der Waals surface area contributed by atoms with Crippen LogP contribution in [0.3, 0.4) is 0 Å². The highest BCUT2D eigenvalue weighted by atomic mass is 16.2. The third-order valence-electron chi connectivity index (χ3n) is 21.5. The predicted molar refractivity (Wildman–Crippen MR) is 435 cm³/mol. The molecule has 0 bridgehead atoms. The van der Waals surface area contributed by atoms with Gasteiger partial charge in [0, 0.05) is 128 Å². The van der Waals surface area contributed by atoms with Gasteiger partial charge in [-0.15, -0.1) is 0 Å².